The van der Waals surface area contributed by atoms with Gasteiger partial charge in [0.1, 0.15) is 9.79 Å². The van der Waals surface area contributed by atoms with Crippen LogP contribution < -0.4 is 11.5 Å². The monoisotopic (exact) mass is 282 g/mol. The molecule has 0 radical (unpaired) electrons. The average molecular weight is 282 g/mol. The van der Waals surface area contributed by atoms with Crippen molar-refractivity contribution in [1.29, 1.82) is 0 Å². The van der Waals surface area contributed by atoms with Gasteiger partial charge in [-0.2, -0.15) is 16.8 Å². The molecule has 1 aromatic rings. The van der Waals surface area contributed by atoms with E-state index in [-0.39, 0.29) is 11.3 Å². The van der Waals surface area contributed by atoms with Crippen molar-refractivity contribution >= 4 is 31.6 Å². The zero-order chi connectivity index (χ0) is 13.6. The molecule has 17 heavy (non-hydrogen) atoms. The van der Waals surface area contributed by atoms with Gasteiger partial charge >= 0.3 is 0 Å². The Morgan fingerprint density at radius 1 is 1.06 bits per heavy atom. The van der Waals surface area contributed by atoms with Gasteiger partial charge in [-0.3, -0.25) is 9.11 Å². The molecule has 0 amide bonds. The molecular weight excluding hydrogens is 272 g/mol. The van der Waals surface area contributed by atoms with Gasteiger partial charge in [0, 0.05) is 5.69 Å². The molecule has 0 aliphatic rings. The Kier molecular flexibility index (Phi) is 3.09. The fraction of sp³-hybridized carbons (Fsp3) is 0.143. The van der Waals surface area contributed by atoms with E-state index in [2.05, 4.69) is 0 Å². The minimum absolute atomic E-state index is 0.0996. The summed E-state index contributed by atoms with van der Waals surface area (Å²) in [6.45, 7) is 1.24. The van der Waals surface area contributed by atoms with E-state index in [1.54, 1.807) is 0 Å². The van der Waals surface area contributed by atoms with Gasteiger partial charge in [-0.15, -0.1) is 0 Å². The summed E-state index contributed by atoms with van der Waals surface area (Å²) in [5.74, 6) is 0. The Balaban J connectivity index is 3.93. The fourth-order valence-corrected chi connectivity index (χ4v) is 2.93. The molecule has 96 valence electrons. The highest BCUT2D eigenvalue weighted by atomic mass is 32.2. The molecule has 0 aliphatic heterocycles. The highest BCUT2D eigenvalue weighted by Crippen LogP contribution is 2.33. The molecule has 1 rings (SSSR count). The molecular formula is C7H10N2O6S2. The Hall–Kier alpha value is -1.36. The van der Waals surface area contributed by atoms with Crippen molar-refractivity contribution in [2.45, 2.75) is 16.7 Å². The second-order valence-electron chi connectivity index (χ2n) is 3.28. The fourth-order valence-electron chi connectivity index (χ4n) is 1.32. The van der Waals surface area contributed by atoms with E-state index in [0.29, 0.717) is 0 Å². The normalized spacial score (nSPS) is 12.6. The molecule has 0 saturated heterocycles. The SMILES string of the molecule is Cc1c(N)cc(S(=O)(=O)O)c(N)c1S(=O)(=O)O. The van der Waals surface area contributed by atoms with Crippen molar-refractivity contribution in [3.8, 4) is 0 Å². The maximum Gasteiger partial charge on any atom is 0.296 e. The van der Waals surface area contributed by atoms with E-state index in [1.807, 2.05) is 0 Å². The molecule has 0 bridgehead atoms. The summed E-state index contributed by atoms with van der Waals surface area (Å²) in [4.78, 5) is -1.70. The van der Waals surface area contributed by atoms with Crippen LogP contribution in [0.25, 0.3) is 0 Å². The van der Waals surface area contributed by atoms with Crippen LogP contribution in [0.4, 0.5) is 11.4 Å². The molecule has 0 saturated carbocycles. The van der Waals surface area contributed by atoms with Gasteiger partial charge in [0.15, 0.2) is 0 Å². The lowest BCUT2D eigenvalue weighted by atomic mass is 10.2. The summed E-state index contributed by atoms with van der Waals surface area (Å²) >= 11 is 0. The van der Waals surface area contributed by atoms with E-state index in [9.17, 15) is 16.8 Å². The third kappa shape index (κ3) is 2.49. The van der Waals surface area contributed by atoms with E-state index in [4.69, 9.17) is 20.6 Å². The number of nitrogen functional groups attached to an aromatic ring is 2. The molecule has 0 spiro atoms. The standard InChI is InChI=1S/C7H10N2O6S2/c1-3-4(8)2-5(16(10,11)12)6(9)7(3)17(13,14)15/h2H,8-9H2,1H3,(H,10,11,12)(H,13,14,15). The maximum absolute atomic E-state index is 11.0. The largest absolute Gasteiger partial charge is 0.398 e. The second kappa shape index (κ2) is 3.84. The topological polar surface area (TPSA) is 161 Å². The summed E-state index contributed by atoms with van der Waals surface area (Å²) in [6, 6.07) is 0.814. The number of hydrogen-bond acceptors (Lipinski definition) is 6. The van der Waals surface area contributed by atoms with Crippen LogP contribution in [0.15, 0.2) is 15.9 Å². The first-order chi connectivity index (χ1) is 7.46. The maximum atomic E-state index is 11.0. The van der Waals surface area contributed by atoms with Crippen LogP contribution in [0.5, 0.6) is 0 Å². The highest BCUT2D eigenvalue weighted by Gasteiger charge is 2.26. The smallest absolute Gasteiger partial charge is 0.296 e. The van der Waals surface area contributed by atoms with Gasteiger partial charge in [0.2, 0.25) is 0 Å². The molecule has 0 unspecified atom stereocenters. The van der Waals surface area contributed by atoms with Gasteiger partial charge in [-0.1, -0.05) is 0 Å². The summed E-state index contributed by atoms with van der Waals surface area (Å²) in [5.41, 5.74) is 9.56. The zero-order valence-electron chi connectivity index (χ0n) is 8.58. The van der Waals surface area contributed by atoms with Crippen LogP contribution in [0.3, 0.4) is 0 Å². The first-order valence-corrected chi connectivity index (χ1v) is 6.97. The van der Waals surface area contributed by atoms with Crippen LogP contribution in [-0.4, -0.2) is 25.9 Å². The molecule has 0 atom stereocenters. The molecule has 0 aliphatic carbocycles. The lowest BCUT2D eigenvalue weighted by molar-refractivity contribution is 0.482. The van der Waals surface area contributed by atoms with Crippen molar-refractivity contribution in [2.24, 2.45) is 0 Å². The molecule has 1 aromatic carbocycles. The molecule has 10 heteroatoms. The summed E-state index contributed by atoms with van der Waals surface area (Å²) in [6.07, 6.45) is 0. The van der Waals surface area contributed by atoms with E-state index in [0.717, 1.165) is 6.07 Å². The molecule has 6 N–H and O–H groups in total. The van der Waals surface area contributed by atoms with Gasteiger partial charge < -0.3 is 11.5 Å². The van der Waals surface area contributed by atoms with Gasteiger partial charge in [-0.25, -0.2) is 0 Å². The molecule has 0 aromatic heterocycles. The van der Waals surface area contributed by atoms with Crippen molar-refractivity contribution in [3.05, 3.63) is 11.6 Å². The quantitative estimate of drug-likeness (QED) is 0.422. The van der Waals surface area contributed by atoms with E-state index < -0.39 is 35.7 Å². The van der Waals surface area contributed by atoms with Gasteiger partial charge in [0.25, 0.3) is 20.2 Å². The Morgan fingerprint density at radius 3 is 1.88 bits per heavy atom. The first-order valence-electron chi connectivity index (χ1n) is 4.09. The van der Waals surface area contributed by atoms with Crippen molar-refractivity contribution in [3.63, 3.8) is 0 Å². The number of hydrogen-bond donors (Lipinski definition) is 4. The number of rotatable bonds is 2. The van der Waals surface area contributed by atoms with Crippen molar-refractivity contribution in [2.75, 3.05) is 11.5 Å². The van der Waals surface area contributed by atoms with Crippen molar-refractivity contribution in [1.82, 2.24) is 0 Å². The number of nitrogens with two attached hydrogens (primary N) is 2. The minimum atomic E-state index is -4.75. The lowest BCUT2D eigenvalue weighted by Crippen LogP contribution is -2.13. The van der Waals surface area contributed by atoms with Crippen LogP contribution in [0.2, 0.25) is 0 Å². The van der Waals surface area contributed by atoms with Crippen LogP contribution in [-0.2, 0) is 20.2 Å². The Bertz CT molecular complexity index is 677. The predicted molar refractivity (Wildman–Crippen MR) is 59.6 cm³/mol. The third-order valence-corrected chi connectivity index (χ3v) is 4.04. The van der Waals surface area contributed by atoms with E-state index >= 15 is 0 Å². The van der Waals surface area contributed by atoms with Crippen LogP contribution >= 0.6 is 0 Å². The highest BCUT2D eigenvalue weighted by molar-refractivity contribution is 7.87. The average Bonchev–Trinajstić information content (AvgIpc) is 2.07. The third-order valence-electron chi connectivity index (χ3n) is 2.11. The Morgan fingerprint density at radius 2 is 1.53 bits per heavy atom. The van der Waals surface area contributed by atoms with Gasteiger partial charge in [0.05, 0.1) is 5.69 Å². The second-order valence-corrected chi connectivity index (χ2v) is 6.03. The molecule has 0 heterocycles. The molecule has 8 nitrogen and oxygen atoms in total. The predicted octanol–water partition coefficient (Wildman–Crippen LogP) is -0.347. The number of anilines is 2. The van der Waals surface area contributed by atoms with Gasteiger partial charge in [-0.05, 0) is 18.6 Å². The first kappa shape index (κ1) is 13.7. The summed E-state index contributed by atoms with van der Waals surface area (Å²) in [5, 5.41) is 0. The van der Waals surface area contributed by atoms with E-state index in [1.165, 1.54) is 6.92 Å². The number of benzene rings is 1. The minimum Gasteiger partial charge on any atom is -0.398 e. The van der Waals surface area contributed by atoms with Crippen LogP contribution in [0.1, 0.15) is 5.56 Å². The van der Waals surface area contributed by atoms with Crippen LogP contribution in [0, 0.1) is 6.92 Å². The summed E-state index contributed by atoms with van der Waals surface area (Å²) < 4.78 is 61.7. The van der Waals surface area contributed by atoms with Crippen molar-refractivity contribution < 1.29 is 25.9 Å². The zero-order valence-corrected chi connectivity index (χ0v) is 10.2. The summed E-state index contributed by atoms with van der Waals surface area (Å²) in [7, 11) is -9.49. The molecule has 0 fully saturated rings. The lowest BCUT2D eigenvalue weighted by Gasteiger charge is -2.12. The Labute approximate surface area is 97.7 Å².